The first kappa shape index (κ1) is 18.2. The van der Waals surface area contributed by atoms with Crippen LogP contribution >= 0.6 is 15.9 Å². The van der Waals surface area contributed by atoms with Crippen LogP contribution in [-0.2, 0) is 9.59 Å². The van der Waals surface area contributed by atoms with Crippen LogP contribution in [0.5, 0.6) is 0 Å². The molecular formula is C19H21BrN2O2. The third kappa shape index (κ3) is 5.49. The van der Waals surface area contributed by atoms with Gasteiger partial charge in [-0.25, -0.2) is 0 Å². The Hall–Kier alpha value is -2.14. The molecule has 0 radical (unpaired) electrons. The minimum absolute atomic E-state index is 0.0978. The molecule has 0 spiro atoms. The van der Waals surface area contributed by atoms with Gasteiger partial charge in [0.15, 0.2) is 0 Å². The van der Waals surface area contributed by atoms with Gasteiger partial charge in [-0.15, -0.1) is 0 Å². The zero-order valence-corrected chi connectivity index (χ0v) is 15.3. The van der Waals surface area contributed by atoms with Crippen molar-refractivity contribution in [3.8, 4) is 0 Å². The lowest BCUT2D eigenvalue weighted by atomic mass is 10.0. The quantitative estimate of drug-likeness (QED) is 0.788. The largest absolute Gasteiger partial charge is 0.350 e. The molecule has 126 valence electrons. The minimum Gasteiger partial charge on any atom is -0.350 e. The molecule has 4 nitrogen and oxygen atoms in total. The van der Waals surface area contributed by atoms with Gasteiger partial charge in [0.25, 0.3) is 0 Å². The highest BCUT2D eigenvalue weighted by Gasteiger charge is 2.18. The summed E-state index contributed by atoms with van der Waals surface area (Å²) in [6, 6.07) is 16.9. The van der Waals surface area contributed by atoms with E-state index in [1.54, 1.807) is 0 Å². The predicted octanol–water partition coefficient (Wildman–Crippen LogP) is 3.89. The van der Waals surface area contributed by atoms with Crippen LogP contribution in [0.4, 0.5) is 0 Å². The Bertz CT molecular complexity index is 686. The van der Waals surface area contributed by atoms with E-state index in [9.17, 15) is 9.59 Å². The summed E-state index contributed by atoms with van der Waals surface area (Å²) in [6.07, 6.45) is 0.199. The van der Waals surface area contributed by atoms with Crippen molar-refractivity contribution >= 4 is 27.7 Å². The summed E-state index contributed by atoms with van der Waals surface area (Å²) < 4.78 is 1.000. The molecule has 0 heterocycles. The number of carbonyl (C=O) groups excluding carboxylic acids is 2. The molecule has 0 saturated carbocycles. The highest BCUT2D eigenvalue weighted by molar-refractivity contribution is 9.10. The van der Waals surface area contributed by atoms with E-state index in [0.717, 1.165) is 15.6 Å². The van der Waals surface area contributed by atoms with Crippen molar-refractivity contribution in [1.29, 1.82) is 0 Å². The van der Waals surface area contributed by atoms with E-state index in [1.807, 2.05) is 61.5 Å². The molecule has 0 aliphatic rings. The Morgan fingerprint density at radius 1 is 0.958 bits per heavy atom. The molecule has 0 aromatic heterocycles. The summed E-state index contributed by atoms with van der Waals surface area (Å²) in [6.45, 7) is 3.40. The maximum atomic E-state index is 12.4. The monoisotopic (exact) mass is 388 g/mol. The standard InChI is InChI=1S/C19H21BrN2O2/c1-13(15-8-10-17(20)11-9-15)21-19(24)12-18(22-14(2)23)16-6-4-3-5-7-16/h3-11,13,18H,12H2,1-2H3,(H,21,24)(H,22,23)/t13-,18-/m1/s1. The van der Waals surface area contributed by atoms with Crippen molar-refractivity contribution in [3.63, 3.8) is 0 Å². The molecule has 0 fully saturated rings. The zero-order chi connectivity index (χ0) is 17.5. The number of carbonyl (C=O) groups is 2. The fraction of sp³-hybridized carbons (Fsp3) is 0.263. The Balaban J connectivity index is 2.02. The van der Waals surface area contributed by atoms with E-state index in [4.69, 9.17) is 0 Å². The third-order valence-corrected chi connectivity index (χ3v) is 4.25. The summed E-state index contributed by atoms with van der Waals surface area (Å²) >= 11 is 3.40. The summed E-state index contributed by atoms with van der Waals surface area (Å²) in [5.74, 6) is -0.259. The molecule has 0 unspecified atom stereocenters. The van der Waals surface area contributed by atoms with Gasteiger partial charge in [0.2, 0.25) is 11.8 Å². The summed E-state index contributed by atoms with van der Waals surface area (Å²) in [7, 11) is 0. The number of hydrogen-bond acceptors (Lipinski definition) is 2. The average molecular weight is 389 g/mol. The lowest BCUT2D eigenvalue weighted by Crippen LogP contribution is -2.33. The molecule has 0 aliphatic heterocycles. The van der Waals surface area contributed by atoms with Crippen molar-refractivity contribution < 1.29 is 9.59 Å². The van der Waals surface area contributed by atoms with Crippen molar-refractivity contribution in [1.82, 2.24) is 10.6 Å². The van der Waals surface area contributed by atoms with Crippen molar-refractivity contribution in [3.05, 3.63) is 70.2 Å². The highest BCUT2D eigenvalue weighted by Crippen LogP contribution is 2.19. The number of halogens is 1. The Morgan fingerprint density at radius 3 is 2.17 bits per heavy atom. The number of hydrogen-bond donors (Lipinski definition) is 2. The molecule has 2 amide bonds. The van der Waals surface area contributed by atoms with Crippen molar-refractivity contribution in [2.75, 3.05) is 0 Å². The number of benzene rings is 2. The van der Waals surface area contributed by atoms with Crippen LogP contribution < -0.4 is 10.6 Å². The van der Waals surface area contributed by atoms with Crippen LogP contribution in [0.15, 0.2) is 59.1 Å². The SMILES string of the molecule is CC(=O)N[C@H](CC(=O)N[C@H](C)c1ccc(Br)cc1)c1ccccc1. The Morgan fingerprint density at radius 2 is 1.58 bits per heavy atom. The summed E-state index contributed by atoms with van der Waals surface area (Å²) in [5.41, 5.74) is 1.95. The molecule has 24 heavy (non-hydrogen) atoms. The van der Waals surface area contributed by atoms with Crippen molar-refractivity contribution in [2.45, 2.75) is 32.4 Å². The van der Waals surface area contributed by atoms with Gasteiger partial charge < -0.3 is 10.6 Å². The first-order valence-corrected chi connectivity index (χ1v) is 8.62. The highest BCUT2D eigenvalue weighted by atomic mass is 79.9. The van der Waals surface area contributed by atoms with Crippen LogP contribution in [0.2, 0.25) is 0 Å². The lowest BCUT2D eigenvalue weighted by molar-refractivity contribution is -0.123. The van der Waals surface area contributed by atoms with Crippen molar-refractivity contribution in [2.24, 2.45) is 0 Å². The second kappa shape index (κ2) is 8.64. The normalized spacial score (nSPS) is 13.0. The lowest BCUT2D eigenvalue weighted by Gasteiger charge is -2.20. The number of rotatable bonds is 6. The maximum Gasteiger partial charge on any atom is 0.222 e. The summed E-state index contributed by atoms with van der Waals surface area (Å²) in [4.78, 5) is 23.8. The van der Waals surface area contributed by atoms with Gasteiger partial charge in [-0.2, -0.15) is 0 Å². The fourth-order valence-electron chi connectivity index (χ4n) is 2.50. The number of nitrogens with one attached hydrogen (secondary N) is 2. The van der Waals surface area contributed by atoms with E-state index in [0.29, 0.717) is 0 Å². The fourth-order valence-corrected chi connectivity index (χ4v) is 2.77. The van der Waals surface area contributed by atoms with Crippen LogP contribution in [0.3, 0.4) is 0 Å². The van der Waals surface area contributed by atoms with Gasteiger partial charge >= 0.3 is 0 Å². The molecule has 5 heteroatoms. The predicted molar refractivity (Wildman–Crippen MR) is 98.3 cm³/mol. The number of amides is 2. The van der Waals surface area contributed by atoms with Gasteiger partial charge in [-0.05, 0) is 30.2 Å². The average Bonchev–Trinajstić information content (AvgIpc) is 2.55. The summed E-state index contributed by atoms with van der Waals surface area (Å²) in [5, 5.41) is 5.83. The zero-order valence-electron chi connectivity index (χ0n) is 13.8. The Labute approximate surface area is 150 Å². The van der Waals surface area contributed by atoms with E-state index in [-0.39, 0.29) is 30.3 Å². The second-order valence-electron chi connectivity index (χ2n) is 5.71. The molecule has 0 aliphatic carbocycles. The molecule has 2 aromatic carbocycles. The molecule has 2 atom stereocenters. The maximum absolute atomic E-state index is 12.4. The van der Waals surface area contributed by atoms with Crippen LogP contribution in [-0.4, -0.2) is 11.8 Å². The second-order valence-corrected chi connectivity index (χ2v) is 6.62. The smallest absolute Gasteiger partial charge is 0.222 e. The van der Waals surface area contributed by atoms with Gasteiger partial charge in [0, 0.05) is 11.4 Å². The van der Waals surface area contributed by atoms with E-state index < -0.39 is 0 Å². The van der Waals surface area contributed by atoms with E-state index in [1.165, 1.54) is 6.92 Å². The van der Waals surface area contributed by atoms with E-state index >= 15 is 0 Å². The molecule has 0 bridgehead atoms. The van der Waals surface area contributed by atoms with Crippen LogP contribution in [0, 0.1) is 0 Å². The molecule has 2 aromatic rings. The molecule has 0 saturated heterocycles. The van der Waals surface area contributed by atoms with Gasteiger partial charge in [-0.1, -0.05) is 58.4 Å². The first-order valence-electron chi connectivity index (χ1n) is 7.82. The third-order valence-electron chi connectivity index (χ3n) is 3.72. The molecule has 2 rings (SSSR count). The Kier molecular flexibility index (Phi) is 6.55. The first-order chi connectivity index (χ1) is 11.5. The van der Waals surface area contributed by atoms with Crippen LogP contribution in [0.25, 0.3) is 0 Å². The van der Waals surface area contributed by atoms with Gasteiger partial charge in [-0.3, -0.25) is 9.59 Å². The van der Waals surface area contributed by atoms with Gasteiger partial charge in [0.1, 0.15) is 0 Å². The molecular weight excluding hydrogens is 368 g/mol. The minimum atomic E-state index is -0.333. The van der Waals surface area contributed by atoms with E-state index in [2.05, 4.69) is 26.6 Å². The molecule has 2 N–H and O–H groups in total. The van der Waals surface area contributed by atoms with Gasteiger partial charge in [0.05, 0.1) is 18.5 Å². The topological polar surface area (TPSA) is 58.2 Å². The van der Waals surface area contributed by atoms with Crippen LogP contribution in [0.1, 0.15) is 43.5 Å².